The van der Waals surface area contributed by atoms with Crippen LogP contribution in [0.25, 0.3) is 10.6 Å². The number of aryl methyl sites for hydroxylation is 1. The normalized spacial score (nSPS) is 14.7. The number of anilines is 1. The maximum atomic E-state index is 12.3. The van der Waals surface area contributed by atoms with E-state index < -0.39 is 0 Å². The summed E-state index contributed by atoms with van der Waals surface area (Å²) < 4.78 is 10.4. The molecule has 0 atom stereocenters. The zero-order chi connectivity index (χ0) is 19.2. The second-order valence-electron chi connectivity index (χ2n) is 6.17. The molecule has 3 rings (SSSR count). The molecule has 8 heteroatoms. The van der Waals surface area contributed by atoms with Crippen LogP contribution in [0.3, 0.4) is 0 Å². The SMILES string of the molecule is CCOC(=O)c1sc(-c2cccc(NC(=O)CN3CCOCC3)c2)nc1C. The lowest BCUT2D eigenvalue weighted by Gasteiger charge is -2.25. The first kappa shape index (κ1) is 19.5. The van der Waals surface area contributed by atoms with E-state index in [1.165, 1.54) is 11.3 Å². The third-order valence-electron chi connectivity index (χ3n) is 4.12. The van der Waals surface area contributed by atoms with Crippen molar-refractivity contribution in [2.45, 2.75) is 13.8 Å². The number of nitrogens with one attached hydrogen (secondary N) is 1. The smallest absolute Gasteiger partial charge is 0.350 e. The molecule has 7 nitrogen and oxygen atoms in total. The van der Waals surface area contributed by atoms with E-state index in [0.29, 0.717) is 42.6 Å². The Hall–Kier alpha value is -2.29. The molecule has 1 aromatic carbocycles. The molecule has 1 aliphatic heterocycles. The number of benzene rings is 1. The Balaban J connectivity index is 1.69. The van der Waals surface area contributed by atoms with Crippen LogP contribution in [-0.2, 0) is 14.3 Å². The van der Waals surface area contributed by atoms with E-state index in [1.54, 1.807) is 13.8 Å². The number of morpholine rings is 1. The van der Waals surface area contributed by atoms with Gasteiger partial charge in [0.1, 0.15) is 9.88 Å². The summed E-state index contributed by atoms with van der Waals surface area (Å²) in [5.41, 5.74) is 2.20. The molecule has 0 bridgehead atoms. The van der Waals surface area contributed by atoms with E-state index in [9.17, 15) is 9.59 Å². The summed E-state index contributed by atoms with van der Waals surface area (Å²) in [6, 6.07) is 7.48. The Morgan fingerprint density at radius 1 is 1.33 bits per heavy atom. The fourth-order valence-electron chi connectivity index (χ4n) is 2.80. The number of carbonyl (C=O) groups is 2. The quantitative estimate of drug-likeness (QED) is 0.765. The van der Waals surface area contributed by atoms with Gasteiger partial charge in [0.25, 0.3) is 0 Å². The summed E-state index contributed by atoms with van der Waals surface area (Å²) in [4.78, 5) is 31.3. The van der Waals surface area contributed by atoms with Gasteiger partial charge in [0.05, 0.1) is 32.1 Å². The van der Waals surface area contributed by atoms with Gasteiger partial charge >= 0.3 is 5.97 Å². The molecule has 0 radical (unpaired) electrons. The van der Waals surface area contributed by atoms with Crippen LogP contribution in [0.15, 0.2) is 24.3 Å². The summed E-state index contributed by atoms with van der Waals surface area (Å²) in [5.74, 6) is -0.412. The summed E-state index contributed by atoms with van der Waals surface area (Å²) >= 11 is 1.30. The van der Waals surface area contributed by atoms with Gasteiger partial charge in [-0.25, -0.2) is 9.78 Å². The third kappa shape index (κ3) is 5.12. The van der Waals surface area contributed by atoms with Crippen LogP contribution >= 0.6 is 11.3 Å². The second kappa shape index (κ2) is 9.07. The highest BCUT2D eigenvalue weighted by molar-refractivity contribution is 7.17. The minimum absolute atomic E-state index is 0.0587. The van der Waals surface area contributed by atoms with Crippen LogP contribution in [0.5, 0.6) is 0 Å². The lowest BCUT2D eigenvalue weighted by Crippen LogP contribution is -2.41. The van der Waals surface area contributed by atoms with Gasteiger partial charge in [-0.2, -0.15) is 0 Å². The van der Waals surface area contributed by atoms with Crippen LogP contribution in [0, 0.1) is 6.92 Å². The molecule has 0 unspecified atom stereocenters. The maximum Gasteiger partial charge on any atom is 0.350 e. The Bertz CT molecular complexity index is 815. The molecule has 0 saturated carbocycles. The van der Waals surface area contributed by atoms with Crippen molar-refractivity contribution in [1.82, 2.24) is 9.88 Å². The molecule has 1 saturated heterocycles. The molecule has 1 N–H and O–H groups in total. The van der Waals surface area contributed by atoms with Crippen molar-refractivity contribution in [2.24, 2.45) is 0 Å². The van der Waals surface area contributed by atoms with Crippen LogP contribution in [0.4, 0.5) is 5.69 Å². The molecular formula is C19H23N3O4S. The molecule has 1 aromatic heterocycles. The number of nitrogens with zero attached hydrogens (tertiary/aromatic N) is 2. The minimum Gasteiger partial charge on any atom is -0.462 e. The minimum atomic E-state index is -0.353. The van der Waals surface area contributed by atoms with Crippen molar-refractivity contribution in [3.63, 3.8) is 0 Å². The van der Waals surface area contributed by atoms with Crippen molar-refractivity contribution in [3.8, 4) is 10.6 Å². The second-order valence-corrected chi connectivity index (χ2v) is 7.17. The zero-order valence-electron chi connectivity index (χ0n) is 15.5. The Morgan fingerprint density at radius 2 is 2.11 bits per heavy atom. The number of esters is 1. The number of carbonyl (C=O) groups excluding carboxylic acids is 2. The lowest BCUT2D eigenvalue weighted by atomic mass is 10.2. The lowest BCUT2D eigenvalue weighted by molar-refractivity contribution is -0.118. The molecular weight excluding hydrogens is 366 g/mol. The van der Waals surface area contributed by atoms with Crippen LogP contribution < -0.4 is 5.32 Å². The van der Waals surface area contributed by atoms with E-state index >= 15 is 0 Å². The average Bonchev–Trinajstić information content (AvgIpc) is 3.05. The average molecular weight is 389 g/mol. The summed E-state index contributed by atoms with van der Waals surface area (Å²) in [6.45, 7) is 7.10. The van der Waals surface area contributed by atoms with Gasteiger partial charge in [-0.05, 0) is 26.0 Å². The zero-order valence-corrected chi connectivity index (χ0v) is 16.3. The van der Waals surface area contributed by atoms with Gasteiger partial charge < -0.3 is 14.8 Å². The number of rotatable bonds is 6. The predicted octanol–water partition coefficient (Wildman–Crippen LogP) is 2.57. The standard InChI is InChI=1S/C19H23N3O4S/c1-3-26-19(24)17-13(2)20-18(27-17)14-5-4-6-15(11-14)21-16(23)12-22-7-9-25-10-8-22/h4-6,11H,3,7-10,12H2,1-2H3,(H,21,23). The first-order valence-corrected chi connectivity index (χ1v) is 9.73. The van der Waals surface area contributed by atoms with Crippen molar-refractivity contribution < 1.29 is 19.1 Å². The fourth-order valence-corrected chi connectivity index (χ4v) is 3.76. The van der Waals surface area contributed by atoms with Crippen molar-refractivity contribution in [1.29, 1.82) is 0 Å². The van der Waals surface area contributed by atoms with Crippen molar-refractivity contribution >= 4 is 28.9 Å². The van der Waals surface area contributed by atoms with Gasteiger partial charge in [-0.1, -0.05) is 12.1 Å². The first-order valence-electron chi connectivity index (χ1n) is 8.91. The number of hydrogen-bond acceptors (Lipinski definition) is 7. The molecule has 1 fully saturated rings. The van der Waals surface area contributed by atoms with E-state index in [0.717, 1.165) is 23.7 Å². The number of amides is 1. The largest absolute Gasteiger partial charge is 0.462 e. The number of aromatic nitrogens is 1. The van der Waals surface area contributed by atoms with Gasteiger partial charge in [-0.3, -0.25) is 9.69 Å². The van der Waals surface area contributed by atoms with E-state index in [2.05, 4.69) is 15.2 Å². The third-order valence-corrected chi connectivity index (χ3v) is 5.31. The summed E-state index contributed by atoms with van der Waals surface area (Å²) in [6.07, 6.45) is 0. The maximum absolute atomic E-state index is 12.3. The fraction of sp³-hybridized carbons (Fsp3) is 0.421. The van der Waals surface area contributed by atoms with Gasteiger partial charge in [0.2, 0.25) is 5.91 Å². The van der Waals surface area contributed by atoms with E-state index in [1.807, 2.05) is 24.3 Å². The Labute approximate surface area is 162 Å². The number of hydrogen-bond donors (Lipinski definition) is 1. The highest BCUT2D eigenvalue weighted by atomic mass is 32.1. The Morgan fingerprint density at radius 3 is 2.85 bits per heavy atom. The number of thiazole rings is 1. The van der Waals surface area contributed by atoms with Crippen LogP contribution in [-0.4, -0.2) is 61.2 Å². The highest BCUT2D eigenvalue weighted by Crippen LogP contribution is 2.30. The Kier molecular flexibility index (Phi) is 6.54. The highest BCUT2D eigenvalue weighted by Gasteiger charge is 2.18. The van der Waals surface area contributed by atoms with Gasteiger partial charge in [0, 0.05) is 24.3 Å². The van der Waals surface area contributed by atoms with Crippen molar-refractivity contribution in [2.75, 3.05) is 44.8 Å². The molecule has 144 valence electrons. The van der Waals surface area contributed by atoms with E-state index in [-0.39, 0.29) is 11.9 Å². The van der Waals surface area contributed by atoms with Crippen LogP contribution in [0.2, 0.25) is 0 Å². The van der Waals surface area contributed by atoms with Gasteiger partial charge in [0.15, 0.2) is 0 Å². The molecule has 1 amide bonds. The first-order chi connectivity index (χ1) is 13.1. The van der Waals surface area contributed by atoms with Gasteiger partial charge in [-0.15, -0.1) is 11.3 Å². The summed E-state index contributed by atoms with van der Waals surface area (Å²) in [7, 11) is 0. The summed E-state index contributed by atoms with van der Waals surface area (Å²) in [5, 5.41) is 3.65. The molecule has 27 heavy (non-hydrogen) atoms. The molecule has 2 aromatic rings. The molecule has 0 spiro atoms. The van der Waals surface area contributed by atoms with Crippen molar-refractivity contribution in [3.05, 3.63) is 34.8 Å². The topological polar surface area (TPSA) is 80.8 Å². The van der Waals surface area contributed by atoms with Crippen LogP contribution in [0.1, 0.15) is 22.3 Å². The monoisotopic (exact) mass is 389 g/mol. The van der Waals surface area contributed by atoms with E-state index in [4.69, 9.17) is 9.47 Å². The predicted molar refractivity (Wildman–Crippen MR) is 104 cm³/mol. The molecule has 2 heterocycles. The molecule has 1 aliphatic rings. The number of ether oxygens (including phenoxy) is 2. The molecule has 0 aliphatic carbocycles.